The predicted octanol–water partition coefficient (Wildman–Crippen LogP) is 1.39. The number of carbonyl (C=O) groups is 2. The summed E-state index contributed by atoms with van der Waals surface area (Å²) < 4.78 is 0. The number of carbonyl (C=O) groups excluding carboxylic acids is 2. The molecule has 0 aliphatic rings. The van der Waals surface area contributed by atoms with Crippen molar-refractivity contribution >= 4 is 11.8 Å². The first-order chi connectivity index (χ1) is 7.27. The molecular formula is C12H24N2O2. The van der Waals surface area contributed by atoms with Gasteiger partial charge in [-0.2, -0.15) is 0 Å². The van der Waals surface area contributed by atoms with Crippen molar-refractivity contribution < 1.29 is 9.59 Å². The van der Waals surface area contributed by atoms with Crippen LogP contribution in [0.4, 0.5) is 0 Å². The molecule has 0 aromatic rings. The fraction of sp³-hybridized carbons (Fsp3) is 0.833. The Hall–Kier alpha value is -1.06. The topological polar surface area (TPSA) is 63.4 Å². The minimum atomic E-state index is -0.500. The average Bonchev–Trinajstić information content (AvgIpc) is 2.12. The highest BCUT2D eigenvalue weighted by molar-refractivity contribution is 5.86. The van der Waals surface area contributed by atoms with E-state index in [1.807, 2.05) is 13.8 Å². The number of nitrogens with two attached hydrogens (primary N) is 1. The fourth-order valence-corrected chi connectivity index (χ4v) is 1.71. The molecule has 2 amide bonds. The number of hydrogen-bond donors (Lipinski definition) is 1. The molecule has 2 N–H and O–H groups in total. The second-order valence-electron chi connectivity index (χ2n) is 5.03. The highest BCUT2D eigenvalue weighted by atomic mass is 16.2. The van der Waals surface area contributed by atoms with E-state index in [9.17, 15) is 9.59 Å². The van der Waals surface area contributed by atoms with Crippen LogP contribution < -0.4 is 5.73 Å². The van der Waals surface area contributed by atoms with E-state index < -0.39 is 11.9 Å². The molecule has 4 nitrogen and oxygen atoms in total. The highest BCUT2D eigenvalue weighted by Crippen LogP contribution is 2.12. The minimum absolute atomic E-state index is 0.00815. The van der Waals surface area contributed by atoms with Crippen LogP contribution in [0.2, 0.25) is 0 Å². The summed E-state index contributed by atoms with van der Waals surface area (Å²) in [6, 6.07) is -0.500. The lowest BCUT2D eigenvalue weighted by atomic mass is 10.0. The van der Waals surface area contributed by atoms with Crippen molar-refractivity contribution in [1.29, 1.82) is 0 Å². The normalized spacial score (nSPS) is 12.9. The Kier molecular flexibility index (Phi) is 6.08. The van der Waals surface area contributed by atoms with E-state index in [4.69, 9.17) is 5.73 Å². The highest BCUT2D eigenvalue weighted by Gasteiger charge is 2.27. The molecule has 0 bridgehead atoms. The van der Waals surface area contributed by atoms with E-state index in [1.54, 1.807) is 7.05 Å². The number of amides is 2. The van der Waals surface area contributed by atoms with Crippen molar-refractivity contribution in [1.82, 2.24) is 4.90 Å². The van der Waals surface area contributed by atoms with Crippen LogP contribution in [-0.2, 0) is 9.59 Å². The Bertz CT molecular complexity index is 249. The van der Waals surface area contributed by atoms with Crippen LogP contribution >= 0.6 is 0 Å². The number of nitrogens with zero attached hydrogens (tertiary/aromatic N) is 1. The van der Waals surface area contributed by atoms with Gasteiger partial charge in [-0.3, -0.25) is 9.59 Å². The van der Waals surface area contributed by atoms with Crippen molar-refractivity contribution in [2.75, 3.05) is 7.05 Å². The maximum absolute atomic E-state index is 11.8. The summed E-state index contributed by atoms with van der Waals surface area (Å²) in [5.74, 6) is 0.0931. The molecule has 0 spiro atoms. The molecule has 0 aliphatic carbocycles. The summed E-state index contributed by atoms with van der Waals surface area (Å²) in [7, 11) is 1.65. The smallest absolute Gasteiger partial charge is 0.240 e. The first-order valence-corrected chi connectivity index (χ1v) is 5.82. The number of hydrogen-bond acceptors (Lipinski definition) is 2. The Morgan fingerprint density at radius 2 is 1.69 bits per heavy atom. The van der Waals surface area contributed by atoms with Gasteiger partial charge < -0.3 is 10.6 Å². The molecule has 0 saturated heterocycles. The predicted molar refractivity (Wildman–Crippen MR) is 64.7 cm³/mol. The molecule has 16 heavy (non-hydrogen) atoms. The Morgan fingerprint density at radius 1 is 1.19 bits per heavy atom. The van der Waals surface area contributed by atoms with E-state index in [-0.39, 0.29) is 11.8 Å². The van der Waals surface area contributed by atoms with Gasteiger partial charge in [0.05, 0.1) is 0 Å². The Balaban J connectivity index is 4.44. The van der Waals surface area contributed by atoms with Gasteiger partial charge in [0.25, 0.3) is 0 Å². The van der Waals surface area contributed by atoms with Gasteiger partial charge in [0.2, 0.25) is 11.8 Å². The summed E-state index contributed by atoms with van der Waals surface area (Å²) in [5.41, 5.74) is 5.30. The van der Waals surface area contributed by atoms with Crippen LogP contribution in [0.15, 0.2) is 0 Å². The molecule has 94 valence electrons. The Labute approximate surface area is 98.2 Å². The molecule has 0 radical (unpaired) electrons. The second kappa shape index (κ2) is 6.51. The summed E-state index contributed by atoms with van der Waals surface area (Å²) >= 11 is 0. The minimum Gasteiger partial charge on any atom is -0.368 e. The van der Waals surface area contributed by atoms with Crippen LogP contribution in [-0.4, -0.2) is 29.8 Å². The number of primary amides is 1. The lowest BCUT2D eigenvalue weighted by Gasteiger charge is -2.28. The van der Waals surface area contributed by atoms with Crippen LogP contribution in [0.5, 0.6) is 0 Å². The van der Waals surface area contributed by atoms with Crippen LogP contribution in [0.1, 0.15) is 40.5 Å². The van der Waals surface area contributed by atoms with E-state index in [0.717, 1.165) is 6.42 Å². The van der Waals surface area contributed by atoms with Crippen molar-refractivity contribution in [3.05, 3.63) is 0 Å². The van der Waals surface area contributed by atoms with Crippen molar-refractivity contribution in [2.24, 2.45) is 17.6 Å². The molecule has 0 rings (SSSR count). The van der Waals surface area contributed by atoms with Crippen LogP contribution in [0.25, 0.3) is 0 Å². The summed E-state index contributed by atoms with van der Waals surface area (Å²) in [6.07, 6.45) is 1.32. The molecule has 0 heterocycles. The third kappa shape index (κ3) is 4.64. The third-order valence-corrected chi connectivity index (χ3v) is 2.67. The van der Waals surface area contributed by atoms with Gasteiger partial charge in [-0.1, -0.05) is 27.7 Å². The lowest BCUT2D eigenvalue weighted by Crippen LogP contribution is -2.48. The van der Waals surface area contributed by atoms with Gasteiger partial charge in [0, 0.05) is 13.5 Å². The van der Waals surface area contributed by atoms with Crippen LogP contribution in [0.3, 0.4) is 0 Å². The standard InChI is InChI=1S/C12H24N2O2/c1-8(2)6-7-10(15)14(5)11(9(3)4)12(13)16/h8-9,11H,6-7H2,1-5H3,(H2,13,16)/t11-/m0/s1. The Morgan fingerprint density at radius 3 is 2.00 bits per heavy atom. The average molecular weight is 228 g/mol. The monoisotopic (exact) mass is 228 g/mol. The molecule has 0 unspecified atom stereocenters. The van der Waals surface area contributed by atoms with Crippen molar-refractivity contribution in [3.63, 3.8) is 0 Å². The van der Waals surface area contributed by atoms with Gasteiger partial charge in [0.1, 0.15) is 6.04 Å². The molecule has 0 fully saturated rings. The molecular weight excluding hydrogens is 204 g/mol. The molecule has 0 saturated carbocycles. The molecule has 0 aromatic heterocycles. The lowest BCUT2D eigenvalue weighted by molar-refractivity contribution is -0.139. The maximum atomic E-state index is 11.8. The van der Waals surface area contributed by atoms with Gasteiger partial charge in [-0.15, -0.1) is 0 Å². The number of likely N-dealkylation sites (N-methyl/N-ethyl adjacent to an activating group) is 1. The van der Waals surface area contributed by atoms with Crippen LogP contribution in [0, 0.1) is 11.8 Å². The van der Waals surface area contributed by atoms with Crippen molar-refractivity contribution in [2.45, 2.75) is 46.6 Å². The summed E-state index contributed by atoms with van der Waals surface area (Å²) in [5, 5.41) is 0. The summed E-state index contributed by atoms with van der Waals surface area (Å²) in [4.78, 5) is 24.6. The second-order valence-corrected chi connectivity index (χ2v) is 5.03. The first kappa shape index (κ1) is 14.9. The molecule has 1 atom stereocenters. The largest absolute Gasteiger partial charge is 0.368 e. The van der Waals surface area contributed by atoms with E-state index in [0.29, 0.717) is 12.3 Å². The quantitative estimate of drug-likeness (QED) is 0.746. The zero-order chi connectivity index (χ0) is 12.9. The molecule has 0 aliphatic heterocycles. The van der Waals surface area contributed by atoms with Gasteiger partial charge >= 0.3 is 0 Å². The van der Waals surface area contributed by atoms with Gasteiger partial charge in [0.15, 0.2) is 0 Å². The fourth-order valence-electron chi connectivity index (χ4n) is 1.71. The van der Waals surface area contributed by atoms with E-state index in [1.165, 1.54) is 4.90 Å². The zero-order valence-electron chi connectivity index (χ0n) is 11.0. The third-order valence-electron chi connectivity index (χ3n) is 2.67. The van der Waals surface area contributed by atoms with Gasteiger partial charge in [-0.05, 0) is 18.3 Å². The number of rotatable bonds is 6. The van der Waals surface area contributed by atoms with Crippen molar-refractivity contribution in [3.8, 4) is 0 Å². The zero-order valence-corrected chi connectivity index (χ0v) is 11.0. The maximum Gasteiger partial charge on any atom is 0.240 e. The molecule has 4 heteroatoms. The SMILES string of the molecule is CC(C)CCC(=O)N(C)[C@H](C(N)=O)C(C)C. The van der Waals surface area contributed by atoms with E-state index in [2.05, 4.69) is 13.8 Å². The van der Waals surface area contributed by atoms with E-state index >= 15 is 0 Å². The molecule has 0 aromatic carbocycles. The summed E-state index contributed by atoms with van der Waals surface area (Å²) in [6.45, 7) is 7.92. The first-order valence-electron chi connectivity index (χ1n) is 5.82. The van der Waals surface area contributed by atoms with Gasteiger partial charge in [-0.25, -0.2) is 0 Å².